The fourth-order valence-corrected chi connectivity index (χ4v) is 15.5. The van der Waals surface area contributed by atoms with Crippen LogP contribution in [-0.2, 0) is 39.0 Å². The second-order valence-corrected chi connectivity index (χ2v) is 29.7. The first-order valence-corrected chi connectivity index (χ1v) is 30.2. The third kappa shape index (κ3) is 8.47. The summed E-state index contributed by atoms with van der Waals surface area (Å²) < 4.78 is 1.39. The van der Waals surface area contributed by atoms with Crippen molar-refractivity contribution in [2.75, 3.05) is 9.71 Å². The Morgan fingerprint density at radius 1 is 0.430 bits per heavy atom. The predicted octanol–water partition coefficient (Wildman–Crippen LogP) is 19.8. The molecule has 0 amide bonds. The maximum atomic E-state index is 2.83. The second-order valence-electron chi connectivity index (χ2n) is 28.7. The number of rotatable bonds is 6. The number of fused-ring (bicyclic) bond motifs is 8. The highest BCUT2D eigenvalue weighted by Gasteiger charge is 2.49. The van der Waals surface area contributed by atoms with Crippen LogP contribution in [0.3, 0.4) is 0 Å². The molecule has 0 bridgehead atoms. The Morgan fingerprint density at radius 2 is 0.937 bits per heavy atom. The topological polar surface area (TPSA) is 6.48 Å². The lowest BCUT2D eigenvalue weighted by atomic mass is 9.43. The lowest BCUT2D eigenvalue weighted by Gasteiger charge is -2.47. The third-order valence-electron chi connectivity index (χ3n) is 19.4. The molecule has 0 unspecified atom stereocenters. The van der Waals surface area contributed by atoms with Crippen molar-refractivity contribution in [2.45, 2.75) is 162 Å². The summed E-state index contributed by atoms with van der Waals surface area (Å²) in [5, 5.41) is 2.76. The molecule has 398 valence electrons. The summed E-state index contributed by atoms with van der Waals surface area (Å²) in [5.41, 5.74) is 27.0. The average molecular weight is 1050 g/mol. The normalized spacial score (nSPS) is 17.4. The van der Waals surface area contributed by atoms with E-state index in [2.05, 4.69) is 270 Å². The maximum absolute atomic E-state index is 2.83. The molecule has 0 radical (unpaired) electrons. The zero-order chi connectivity index (χ0) is 55.3. The van der Waals surface area contributed by atoms with Crippen LogP contribution in [-0.4, -0.2) is 6.85 Å². The fourth-order valence-electron chi connectivity index (χ4n) is 14.2. The second kappa shape index (κ2) is 17.9. The quantitative estimate of drug-likeness (QED) is 0.153. The Labute approximate surface area is 477 Å². The van der Waals surface area contributed by atoms with Gasteiger partial charge in [0.15, 0.2) is 0 Å². The number of nitrogens with zero attached hydrogens (tertiary/aromatic N) is 2. The molecule has 79 heavy (non-hydrogen) atoms. The number of hydrogen-bond donors (Lipinski definition) is 0. The molecule has 3 heterocycles. The highest BCUT2D eigenvalue weighted by Crippen LogP contribution is 2.55. The first-order chi connectivity index (χ1) is 37.4. The highest BCUT2D eigenvalue weighted by atomic mass is 32.1. The SMILES string of the molecule is CC(C)(C)c1ccc(CN2c3cc(C(C)(C)C)cc4c3B(c3c2sc2cc5c(cc32)C(C)(C)CCC5(C)C)N(c2ccc3c(c2)C(C)(C)CCC3(C)C)c2cc(-c3ccccc3)c(-c3ccccc3)cc2-4)c(-c2ccccc2)c1. The van der Waals surface area contributed by atoms with Gasteiger partial charge >= 0.3 is 6.85 Å². The van der Waals surface area contributed by atoms with Crippen molar-refractivity contribution in [3.05, 3.63) is 203 Å². The molecule has 13 rings (SSSR count). The van der Waals surface area contributed by atoms with E-state index in [4.69, 9.17) is 0 Å². The van der Waals surface area contributed by atoms with Crippen molar-refractivity contribution in [3.63, 3.8) is 0 Å². The van der Waals surface area contributed by atoms with Gasteiger partial charge in [-0.25, -0.2) is 0 Å². The van der Waals surface area contributed by atoms with Crippen LogP contribution in [0.25, 0.3) is 54.6 Å². The molecule has 2 nitrogen and oxygen atoms in total. The first kappa shape index (κ1) is 51.8. The molecule has 1 aromatic heterocycles. The summed E-state index contributed by atoms with van der Waals surface area (Å²) >= 11 is 2.04. The first-order valence-electron chi connectivity index (χ1n) is 29.4. The Hall–Kier alpha value is -6.62. The van der Waals surface area contributed by atoms with Gasteiger partial charge in [-0.1, -0.05) is 218 Å². The third-order valence-corrected chi connectivity index (χ3v) is 20.6. The summed E-state index contributed by atoms with van der Waals surface area (Å²) in [5.74, 6) is 0. The molecule has 0 atom stereocenters. The molecule has 4 heteroatoms. The summed E-state index contributed by atoms with van der Waals surface area (Å²) in [6.45, 7) is 34.8. The van der Waals surface area contributed by atoms with E-state index in [9.17, 15) is 0 Å². The minimum Gasteiger partial charge on any atom is -0.376 e. The van der Waals surface area contributed by atoms with Crippen LogP contribution in [0.4, 0.5) is 22.1 Å². The molecule has 8 aromatic carbocycles. The van der Waals surface area contributed by atoms with Gasteiger partial charge in [0.2, 0.25) is 0 Å². The van der Waals surface area contributed by atoms with E-state index in [1.54, 1.807) is 0 Å². The highest BCUT2D eigenvalue weighted by molar-refractivity contribution is 7.26. The smallest absolute Gasteiger partial charge is 0.334 e. The van der Waals surface area contributed by atoms with Gasteiger partial charge in [0, 0.05) is 33.9 Å². The zero-order valence-corrected chi connectivity index (χ0v) is 50.3. The summed E-state index contributed by atoms with van der Waals surface area (Å²) in [4.78, 5) is 5.62. The van der Waals surface area contributed by atoms with Crippen LogP contribution in [0.2, 0.25) is 0 Å². The lowest BCUT2D eigenvalue weighted by molar-refractivity contribution is 0.332. The minimum absolute atomic E-state index is 0.00267. The van der Waals surface area contributed by atoms with Gasteiger partial charge in [0.05, 0.1) is 5.00 Å². The van der Waals surface area contributed by atoms with Crippen LogP contribution >= 0.6 is 11.3 Å². The molecule has 0 saturated carbocycles. The zero-order valence-electron chi connectivity index (χ0n) is 49.5. The van der Waals surface area contributed by atoms with E-state index < -0.39 is 0 Å². The van der Waals surface area contributed by atoms with Gasteiger partial charge in [0.1, 0.15) is 0 Å². The van der Waals surface area contributed by atoms with E-state index in [-0.39, 0.29) is 39.3 Å². The van der Waals surface area contributed by atoms with Gasteiger partial charge in [-0.05, 0) is 195 Å². The van der Waals surface area contributed by atoms with Gasteiger partial charge in [-0.2, -0.15) is 0 Å². The monoisotopic (exact) mass is 1050 g/mol. The number of hydrogen-bond acceptors (Lipinski definition) is 3. The van der Waals surface area contributed by atoms with Gasteiger partial charge in [-0.15, -0.1) is 11.3 Å². The van der Waals surface area contributed by atoms with Crippen molar-refractivity contribution in [1.82, 2.24) is 0 Å². The van der Waals surface area contributed by atoms with Crippen molar-refractivity contribution in [3.8, 4) is 44.5 Å². The molecule has 9 aromatic rings. The summed E-state index contributed by atoms with van der Waals surface area (Å²) in [7, 11) is 0. The Morgan fingerprint density at radius 3 is 1.51 bits per heavy atom. The molecule has 2 aliphatic heterocycles. The Balaban J connectivity index is 1.19. The van der Waals surface area contributed by atoms with Crippen molar-refractivity contribution >= 4 is 61.3 Å². The van der Waals surface area contributed by atoms with Crippen LogP contribution in [0, 0.1) is 0 Å². The predicted molar refractivity (Wildman–Crippen MR) is 344 cm³/mol. The molecule has 0 fully saturated rings. The molecule has 4 aliphatic rings. The van der Waals surface area contributed by atoms with Crippen LogP contribution in [0.5, 0.6) is 0 Å². The van der Waals surface area contributed by atoms with E-state index in [0.717, 1.165) is 13.0 Å². The van der Waals surface area contributed by atoms with E-state index in [1.807, 2.05) is 11.3 Å². The summed E-state index contributed by atoms with van der Waals surface area (Å²) in [6, 6.07) is 64.2. The fraction of sp³-hybridized carbons (Fsp3) is 0.333. The van der Waals surface area contributed by atoms with Crippen molar-refractivity contribution < 1.29 is 0 Å². The largest absolute Gasteiger partial charge is 0.376 e. The number of anilines is 4. The Bertz CT molecular complexity index is 3900. The van der Waals surface area contributed by atoms with Gasteiger partial charge in [0.25, 0.3) is 0 Å². The van der Waals surface area contributed by atoms with Crippen molar-refractivity contribution in [1.29, 1.82) is 0 Å². The van der Waals surface area contributed by atoms with E-state index in [1.165, 1.54) is 146 Å². The van der Waals surface area contributed by atoms with E-state index in [0.29, 0.717) is 0 Å². The molecule has 0 N–H and O–H groups in total. The van der Waals surface area contributed by atoms with Gasteiger partial charge in [-0.3, -0.25) is 0 Å². The Kier molecular flexibility index (Phi) is 11.8. The summed E-state index contributed by atoms with van der Waals surface area (Å²) in [6.07, 6.45) is 4.69. The lowest BCUT2D eigenvalue weighted by Crippen LogP contribution is -2.61. The van der Waals surface area contributed by atoms with Crippen LogP contribution < -0.4 is 20.6 Å². The van der Waals surface area contributed by atoms with Crippen LogP contribution in [0.1, 0.15) is 162 Å². The molecule has 0 saturated heterocycles. The van der Waals surface area contributed by atoms with E-state index >= 15 is 0 Å². The minimum atomic E-state index is -0.132. The van der Waals surface area contributed by atoms with Crippen LogP contribution in [0.15, 0.2) is 164 Å². The number of benzene rings is 8. The molecule has 0 spiro atoms. The van der Waals surface area contributed by atoms with Gasteiger partial charge < -0.3 is 9.71 Å². The molecule has 2 aliphatic carbocycles. The number of thiophene rings is 1. The molecular formula is C75H79BN2S. The molecular weight excluding hydrogens is 972 g/mol. The average Bonchev–Trinajstić information content (AvgIpc) is 3.66. The van der Waals surface area contributed by atoms with Crippen molar-refractivity contribution in [2.24, 2.45) is 0 Å². The maximum Gasteiger partial charge on any atom is 0.334 e. The standard InChI is InChI=1S/C75H79BN2S/c1-70(2,3)51-31-30-50(54(38-51)47-24-18-15-19-25-47)46-77-65-40-52(71(4,5)6)39-58-57-42-55(48-26-20-16-21-27-48)56(49-28-22-17-23-29-49)44-64(57)78(53-32-33-60-61(41-53)73(9,10)35-34-72(60,7)8)76(67(58)65)68-59-43-62-63(45-66(59)79-69(68)77)75(13,14)37-36-74(62,11)12/h15-33,38-45H,34-37,46H2,1-14H3.